The highest BCUT2D eigenvalue weighted by molar-refractivity contribution is 5.95. The van der Waals surface area contributed by atoms with Crippen LogP contribution in [0.15, 0.2) is 22.8 Å². The first-order valence-electron chi connectivity index (χ1n) is 10.4. The molecule has 4 rings (SSSR count). The molecule has 0 unspecified atom stereocenters. The zero-order valence-electron chi connectivity index (χ0n) is 18.0. The Morgan fingerprint density at radius 1 is 1.03 bits per heavy atom. The van der Waals surface area contributed by atoms with Gasteiger partial charge in [-0.1, -0.05) is 0 Å². The maximum Gasteiger partial charge on any atom is 0.410 e. The fourth-order valence-electron chi connectivity index (χ4n) is 3.77. The Labute approximate surface area is 180 Å². The second-order valence-electron chi connectivity index (χ2n) is 8.74. The number of carbonyl (C=O) groups excluding carboxylic acids is 3. The van der Waals surface area contributed by atoms with Gasteiger partial charge in [-0.25, -0.2) is 4.79 Å². The second-order valence-corrected chi connectivity index (χ2v) is 8.74. The third kappa shape index (κ3) is 4.42. The lowest BCUT2D eigenvalue weighted by molar-refractivity contribution is 0.0221. The molecule has 0 atom stereocenters. The van der Waals surface area contributed by atoms with Gasteiger partial charge in [-0.05, 0) is 32.9 Å². The molecule has 3 amide bonds. The van der Waals surface area contributed by atoms with E-state index in [9.17, 15) is 14.4 Å². The van der Waals surface area contributed by atoms with Gasteiger partial charge >= 0.3 is 6.09 Å². The van der Waals surface area contributed by atoms with Crippen LogP contribution in [-0.2, 0) is 17.7 Å². The molecule has 1 saturated heterocycles. The summed E-state index contributed by atoms with van der Waals surface area (Å²) < 4.78 is 10.6. The standard InChI is InChI=1S/C21H27N5O5/c1-21(2,3)31-20(29)26-7-6-15-14(13-26)17(23-22-15)19(28)25-10-8-24(9-11-25)18(27)16-5-4-12-30-16/h4-5,12H,6-11,13H2,1-3H3,(H,22,23). The van der Waals surface area contributed by atoms with E-state index in [-0.39, 0.29) is 18.4 Å². The van der Waals surface area contributed by atoms with Crippen LogP contribution in [0.2, 0.25) is 0 Å². The van der Waals surface area contributed by atoms with Crippen molar-refractivity contribution in [2.75, 3.05) is 32.7 Å². The maximum absolute atomic E-state index is 13.1. The van der Waals surface area contributed by atoms with Gasteiger partial charge in [-0.3, -0.25) is 14.7 Å². The van der Waals surface area contributed by atoms with E-state index >= 15 is 0 Å². The quantitative estimate of drug-likeness (QED) is 0.780. The molecule has 0 radical (unpaired) electrons. The highest BCUT2D eigenvalue weighted by Gasteiger charge is 2.33. The lowest BCUT2D eigenvalue weighted by atomic mass is 10.0. The van der Waals surface area contributed by atoms with Crippen LogP contribution in [0.4, 0.5) is 4.79 Å². The number of nitrogens with zero attached hydrogens (tertiary/aromatic N) is 4. The molecule has 10 heteroatoms. The zero-order valence-corrected chi connectivity index (χ0v) is 18.0. The van der Waals surface area contributed by atoms with Crippen molar-refractivity contribution in [3.63, 3.8) is 0 Å². The van der Waals surface area contributed by atoms with Gasteiger partial charge in [-0.15, -0.1) is 0 Å². The van der Waals surface area contributed by atoms with E-state index in [1.54, 1.807) is 26.8 Å². The SMILES string of the molecule is CC(C)(C)OC(=O)N1CCc2[nH]nc(C(=O)N3CCN(C(=O)c4ccco4)CC3)c2C1. The van der Waals surface area contributed by atoms with Gasteiger partial charge in [0, 0.05) is 50.4 Å². The summed E-state index contributed by atoms with van der Waals surface area (Å²) in [6.45, 7) is 7.90. The van der Waals surface area contributed by atoms with Crippen molar-refractivity contribution < 1.29 is 23.5 Å². The maximum atomic E-state index is 13.1. The molecule has 0 aromatic carbocycles. The number of amides is 3. The molecule has 2 aliphatic heterocycles. The molecule has 4 heterocycles. The summed E-state index contributed by atoms with van der Waals surface area (Å²) in [7, 11) is 0. The molecule has 0 aliphatic carbocycles. The molecule has 2 aromatic rings. The van der Waals surface area contributed by atoms with Crippen molar-refractivity contribution in [2.45, 2.75) is 39.3 Å². The minimum atomic E-state index is -0.584. The number of H-pyrrole nitrogens is 1. The minimum Gasteiger partial charge on any atom is -0.459 e. The molecule has 10 nitrogen and oxygen atoms in total. The normalized spacial score (nSPS) is 16.8. The first-order chi connectivity index (χ1) is 14.7. The van der Waals surface area contributed by atoms with Crippen molar-refractivity contribution in [3.8, 4) is 0 Å². The smallest absolute Gasteiger partial charge is 0.410 e. The fourth-order valence-corrected chi connectivity index (χ4v) is 3.77. The van der Waals surface area contributed by atoms with E-state index in [2.05, 4.69) is 10.2 Å². The number of hydrogen-bond acceptors (Lipinski definition) is 6. The third-order valence-electron chi connectivity index (χ3n) is 5.37. The van der Waals surface area contributed by atoms with E-state index < -0.39 is 11.7 Å². The lowest BCUT2D eigenvalue weighted by Crippen LogP contribution is -2.51. The van der Waals surface area contributed by atoms with Crippen LogP contribution in [0.5, 0.6) is 0 Å². The number of aromatic amines is 1. The van der Waals surface area contributed by atoms with E-state index in [4.69, 9.17) is 9.15 Å². The van der Waals surface area contributed by atoms with Crippen molar-refractivity contribution in [3.05, 3.63) is 41.1 Å². The highest BCUT2D eigenvalue weighted by atomic mass is 16.6. The predicted molar refractivity (Wildman–Crippen MR) is 109 cm³/mol. The van der Waals surface area contributed by atoms with Gasteiger partial charge < -0.3 is 23.9 Å². The molecular formula is C21H27N5O5. The number of nitrogens with one attached hydrogen (secondary N) is 1. The fraction of sp³-hybridized carbons (Fsp3) is 0.524. The molecule has 1 N–H and O–H groups in total. The van der Waals surface area contributed by atoms with Crippen LogP contribution in [0.1, 0.15) is 53.1 Å². The Morgan fingerprint density at radius 2 is 1.71 bits per heavy atom. The average molecular weight is 429 g/mol. The van der Waals surface area contributed by atoms with Crippen molar-refractivity contribution in [2.24, 2.45) is 0 Å². The van der Waals surface area contributed by atoms with Crippen molar-refractivity contribution >= 4 is 17.9 Å². The Kier molecular flexibility index (Phi) is 5.47. The van der Waals surface area contributed by atoms with Crippen molar-refractivity contribution in [1.29, 1.82) is 0 Å². The van der Waals surface area contributed by atoms with E-state index in [0.717, 1.165) is 11.3 Å². The van der Waals surface area contributed by atoms with Crippen LogP contribution < -0.4 is 0 Å². The summed E-state index contributed by atoms with van der Waals surface area (Å²) in [6, 6.07) is 3.31. The molecule has 166 valence electrons. The Balaban J connectivity index is 1.40. The molecule has 0 bridgehead atoms. The van der Waals surface area contributed by atoms with E-state index in [0.29, 0.717) is 50.6 Å². The summed E-state index contributed by atoms with van der Waals surface area (Å²) in [4.78, 5) is 43.0. The van der Waals surface area contributed by atoms with Crippen LogP contribution in [-0.4, -0.2) is 81.1 Å². The minimum absolute atomic E-state index is 0.178. The second kappa shape index (κ2) is 8.09. The summed E-state index contributed by atoms with van der Waals surface area (Å²) in [5.41, 5.74) is 1.35. The Bertz CT molecular complexity index is 967. The van der Waals surface area contributed by atoms with Gasteiger partial charge in [0.2, 0.25) is 0 Å². The van der Waals surface area contributed by atoms with Gasteiger partial charge in [0.25, 0.3) is 11.8 Å². The van der Waals surface area contributed by atoms with Gasteiger partial charge in [-0.2, -0.15) is 5.10 Å². The monoisotopic (exact) mass is 429 g/mol. The van der Waals surface area contributed by atoms with Gasteiger partial charge in [0.1, 0.15) is 5.60 Å². The van der Waals surface area contributed by atoms with Crippen LogP contribution in [0.25, 0.3) is 0 Å². The number of carbonyl (C=O) groups is 3. The Hall–Kier alpha value is -3.30. The number of furan rings is 1. The summed E-state index contributed by atoms with van der Waals surface area (Å²) >= 11 is 0. The molecule has 2 aliphatic rings. The lowest BCUT2D eigenvalue weighted by Gasteiger charge is -2.34. The van der Waals surface area contributed by atoms with Crippen LogP contribution in [0.3, 0.4) is 0 Å². The number of fused-ring (bicyclic) bond motifs is 1. The van der Waals surface area contributed by atoms with E-state index in [1.807, 2.05) is 20.8 Å². The predicted octanol–water partition coefficient (Wildman–Crippen LogP) is 1.89. The number of aromatic nitrogens is 2. The number of ether oxygens (including phenoxy) is 1. The number of piperazine rings is 1. The third-order valence-corrected chi connectivity index (χ3v) is 5.37. The van der Waals surface area contributed by atoms with Gasteiger partial charge in [0.15, 0.2) is 11.5 Å². The van der Waals surface area contributed by atoms with Crippen LogP contribution in [0, 0.1) is 0 Å². The first-order valence-corrected chi connectivity index (χ1v) is 10.4. The highest BCUT2D eigenvalue weighted by Crippen LogP contribution is 2.24. The molecule has 1 fully saturated rings. The van der Waals surface area contributed by atoms with Crippen molar-refractivity contribution in [1.82, 2.24) is 24.9 Å². The van der Waals surface area contributed by atoms with E-state index in [1.165, 1.54) is 6.26 Å². The molecule has 2 aromatic heterocycles. The van der Waals surface area contributed by atoms with Crippen LogP contribution >= 0.6 is 0 Å². The molecule has 31 heavy (non-hydrogen) atoms. The number of hydrogen-bond donors (Lipinski definition) is 1. The topological polar surface area (TPSA) is 112 Å². The molecule has 0 saturated carbocycles. The zero-order chi connectivity index (χ0) is 22.2. The summed E-state index contributed by atoms with van der Waals surface area (Å²) in [5, 5.41) is 7.19. The summed E-state index contributed by atoms with van der Waals surface area (Å²) in [5.74, 6) is -0.0840. The van der Waals surface area contributed by atoms with Gasteiger partial charge in [0.05, 0.1) is 12.8 Å². The average Bonchev–Trinajstić information content (AvgIpc) is 3.41. The molecule has 0 spiro atoms. The number of rotatable bonds is 2. The first kappa shape index (κ1) is 21.0. The Morgan fingerprint density at radius 3 is 2.32 bits per heavy atom. The summed E-state index contributed by atoms with van der Waals surface area (Å²) in [6.07, 6.45) is 1.65. The molecular weight excluding hydrogens is 402 g/mol. The largest absolute Gasteiger partial charge is 0.459 e.